The first-order chi connectivity index (χ1) is 8.43. The third kappa shape index (κ3) is 2.50. The molecule has 3 rings (SSSR count). The van der Waals surface area contributed by atoms with Gasteiger partial charge in [0.05, 0.1) is 12.5 Å². The number of nitrogens with one attached hydrogen (secondary N) is 1. The molecule has 0 spiro atoms. The predicted molar refractivity (Wildman–Crippen MR) is 61.9 cm³/mol. The molecular weight excluding hydrogens is 218 g/mol. The fourth-order valence-electron chi connectivity index (χ4n) is 2.59. The lowest BCUT2D eigenvalue weighted by Gasteiger charge is -2.19. The minimum Gasteiger partial charge on any atom is -0.381 e. The van der Waals surface area contributed by atoms with Gasteiger partial charge in [-0.15, -0.1) is 0 Å². The highest BCUT2D eigenvalue weighted by Crippen LogP contribution is 2.26. The summed E-state index contributed by atoms with van der Waals surface area (Å²) in [6.45, 7) is 3.67. The number of nitrogens with zero attached hydrogens (tertiary/aromatic N) is 2. The molecule has 1 aromatic rings. The Bertz CT molecular complexity index is 322. The lowest BCUT2D eigenvalue weighted by atomic mass is 9.99. The normalized spacial score (nSPS) is 30.4. The average molecular weight is 237 g/mol. The highest BCUT2D eigenvalue weighted by Gasteiger charge is 2.25. The Balaban J connectivity index is 1.68. The average Bonchev–Trinajstić information content (AvgIpc) is 2.90. The van der Waals surface area contributed by atoms with Crippen molar-refractivity contribution in [1.29, 1.82) is 0 Å². The van der Waals surface area contributed by atoms with Gasteiger partial charge in [0.15, 0.2) is 5.82 Å². The molecule has 2 aliphatic heterocycles. The van der Waals surface area contributed by atoms with Crippen LogP contribution in [0, 0.1) is 0 Å². The molecular formula is C12H19N3O2. The summed E-state index contributed by atoms with van der Waals surface area (Å²) in [5, 5.41) is 7.51. The molecule has 2 saturated heterocycles. The molecule has 94 valence electrons. The van der Waals surface area contributed by atoms with Crippen LogP contribution in [0.1, 0.15) is 49.2 Å². The van der Waals surface area contributed by atoms with E-state index in [1.54, 1.807) is 0 Å². The highest BCUT2D eigenvalue weighted by atomic mass is 16.5. The van der Waals surface area contributed by atoms with Crippen LogP contribution in [-0.2, 0) is 4.74 Å². The maximum Gasteiger partial charge on any atom is 0.232 e. The third-order valence-corrected chi connectivity index (χ3v) is 3.63. The van der Waals surface area contributed by atoms with Crippen molar-refractivity contribution in [3.8, 4) is 0 Å². The lowest BCUT2D eigenvalue weighted by Crippen LogP contribution is -2.29. The molecule has 0 bridgehead atoms. The Hall–Kier alpha value is -0.940. The van der Waals surface area contributed by atoms with Crippen molar-refractivity contribution >= 4 is 0 Å². The van der Waals surface area contributed by atoms with Gasteiger partial charge in [-0.2, -0.15) is 4.98 Å². The van der Waals surface area contributed by atoms with Gasteiger partial charge in [-0.25, -0.2) is 0 Å². The van der Waals surface area contributed by atoms with E-state index in [1.807, 2.05) is 0 Å². The van der Waals surface area contributed by atoms with Crippen molar-refractivity contribution in [3.63, 3.8) is 0 Å². The summed E-state index contributed by atoms with van der Waals surface area (Å²) < 4.78 is 10.8. The van der Waals surface area contributed by atoms with Crippen molar-refractivity contribution < 1.29 is 9.26 Å². The Morgan fingerprint density at radius 3 is 2.88 bits per heavy atom. The fourth-order valence-corrected chi connectivity index (χ4v) is 2.59. The second kappa shape index (κ2) is 5.14. The summed E-state index contributed by atoms with van der Waals surface area (Å²) in [6.07, 6.45) is 4.55. The molecule has 0 saturated carbocycles. The summed E-state index contributed by atoms with van der Waals surface area (Å²) in [5.74, 6) is 2.37. The molecule has 2 fully saturated rings. The van der Waals surface area contributed by atoms with E-state index in [0.717, 1.165) is 57.3 Å². The molecule has 1 aromatic heterocycles. The molecule has 0 radical (unpaired) electrons. The van der Waals surface area contributed by atoms with Crippen molar-refractivity contribution in [2.45, 2.75) is 37.5 Å². The molecule has 0 aliphatic carbocycles. The number of ether oxygens (including phenoxy) is 1. The molecule has 0 aromatic carbocycles. The number of hydrogen-bond donors (Lipinski definition) is 1. The van der Waals surface area contributed by atoms with Gasteiger partial charge in [0, 0.05) is 19.1 Å². The smallest absolute Gasteiger partial charge is 0.232 e. The van der Waals surface area contributed by atoms with Gasteiger partial charge >= 0.3 is 0 Å². The Morgan fingerprint density at radius 2 is 2.12 bits per heavy atom. The second-order valence-electron chi connectivity index (χ2n) is 4.95. The van der Waals surface area contributed by atoms with Crippen LogP contribution in [0.15, 0.2) is 4.52 Å². The summed E-state index contributed by atoms with van der Waals surface area (Å²) >= 11 is 0. The van der Waals surface area contributed by atoms with E-state index >= 15 is 0 Å². The van der Waals surface area contributed by atoms with Crippen molar-refractivity contribution in [2.24, 2.45) is 0 Å². The van der Waals surface area contributed by atoms with E-state index in [-0.39, 0.29) is 0 Å². The summed E-state index contributed by atoms with van der Waals surface area (Å²) in [4.78, 5) is 4.56. The molecule has 1 N–H and O–H groups in total. The predicted octanol–water partition coefficient (Wildman–Crippen LogP) is 1.43. The number of piperidine rings is 1. The Morgan fingerprint density at radius 1 is 1.18 bits per heavy atom. The Labute approximate surface area is 101 Å². The minimum atomic E-state index is 0.307. The minimum absolute atomic E-state index is 0.307. The topological polar surface area (TPSA) is 60.2 Å². The van der Waals surface area contributed by atoms with E-state index in [9.17, 15) is 0 Å². The van der Waals surface area contributed by atoms with Crippen LogP contribution in [-0.4, -0.2) is 36.4 Å². The number of rotatable bonds is 2. The van der Waals surface area contributed by atoms with E-state index < -0.39 is 0 Å². The molecule has 2 atom stereocenters. The van der Waals surface area contributed by atoms with Gasteiger partial charge in [-0.05, 0) is 32.2 Å². The van der Waals surface area contributed by atoms with Crippen LogP contribution in [0.5, 0.6) is 0 Å². The van der Waals surface area contributed by atoms with Crippen LogP contribution in [0.3, 0.4) is 0 Å². The van der Waals surface area contributed by atoms with E-state index in [0.29, 0.717) is 11.8 Å². The Kier molecular flexibility index (Phi) is 3.38. The zero-order chi connectivity index (χ0) is 11.5. The summed E-state index contributed by atoms with van der Waals surface area (Å²) in [5.41, 5.74) is 0. The van der Waals surface area contributed by atoms with Crippen LogP contribution < -0.4 is 5.32 Å². The first-order valence-corrected chi connectivity index (χ1v) is 6.55. The number of hydrogen-bond acceptors (Lipinski definition) is 5. The SMILES string of the molecule is C1CNCC(c2noc(C3CCCOC3)n2)C1. The van der Waals surface area contributed by atoms with Gasteiger partial charge in [-0.3, -0.25) is 0 Å². The standard InChI is InChI=1S/C12H19N3O2/c1-3-9(7-13-5-1)11-14-12(17-15-11)10-4-2-6-16-8-10/h9-10,13H,1-8H2. The maximum atomic E-state index is 5.45. The second-order valence-corrected chi connectivity index (χ2v) is 4.95. The maximum absolute atomic E-state index is 5.45. The third-order valence-electron chi connectivity index (χ3n) is 3.63. The molecule has 17 heavy (non-hydrogen) atoms. The molecule has 2 aliphatic rings. The van der Waals surface area contributed by atoms with Gasteiger partial charge in [0.1, 0.15) is 0 Å². The summed E-state index contributed by atoms with van der Waals surface area (Å²) in [7, 11) is 0. The van der Waals surface area contributed by atoms with Gasteiger partial charge in [0.25, 0.3) is 0 Å². The summed E-state index contributed by atoms with van der Waals surface area (Å²) in [6, 6.07) is 0. The lowest BCUT2D eigenvalue weighted by molar-refractivity contribution is 0.0705. The van der Waals surface area contributed by atoms with Crippen molar-refractivity contribution in [2.75, 3.05) is 26.3 Å². The van der Waals surface area contributed by atoms with Crippen molar-refractivity contribution in [1.82, 2.24) is 15.5 Å². The van der Waals surface area contributed by atoms with Crippen LogP contribution in [0.25, 0.3) is 0 Å². The van der Waals surface area contributed by atoms with Crippen molar-refractivity contribution in [3.05, 3.63) is 11.7 Å². The highest BCUT2D eigenvalue weighted by molar-refractivity contribution is 5.01. The van der Waals surface area contributed by atoms with Crippen LogP contribution >= 0.6 is 0 Å². The first kappa shape index (κ1) is 11.2. The van der Waals surface area contributed by atoms with E-state index in [1.165, 1.54) is 6.42 Å². The zero-order valence-corrected chi connectivity index (χ0v) is 10.0. The molecule has 3 heterocycles. The largest absolute Gasteiger partial charge is 0.381 e. The van der Waals surface area contributed by atoms with Gasteiger partial charge in [0.2, 0.25) is 5.89 Å². The molecule has 5 nitrogen and oxygen atoms in total. The molecule has 5 heteroatoms. The molecule has 2 unspecified atom stereocenters. The van der Waals surface area contributed by atoms with E-state index in [4.69, 9.17) is 9.26 Å². The molecule has 0 amide bonds. The monoisotopic (exact) mass is 237 g/mol. The van der Waals surface area contributed by atoms with Gasteiger partial charge in [-0.1, -0.05) is 5.16 Å². The quantitative estimate of drug-likeness (QED) is 0.843. The zero-order valence-electron chi connectivity index (χ0n) is 10.0. The van der Waals surface area contributed by atoms with Gasteiger partial charge < -0.3 is 14.6 Å². The van der Waals surface area contributed by atoms with Crippen LogP contribution in [0.2, 0.25) is 0 Å². The number of aromatic nitrogens is 2. The first-order valence-electron chi connectivity index (χ1n) is 6.55. The fraction of sp³-hybridized carbons (Fsp3) is 0.833. The van der Waals surface area contributed by atoms with Crippen LogP contribution in [0.4, 0.5) is 0 Å². The van der Waals surface area contributed by atoms with E-state index in [2.05, 4.69) is 15.5 Å².